The molecule has 1 saturated carbocycles. The first-order valence-corrected chi connectivity index (χ1v) is 7.47. The molecule has 1 fully saturated rings. The van der Waals surface area contributed by atoms with Crippen LogP contribution in [0.5, 0.6) is 0 Å². The predicted molar refractivity (Wildman–Crippen MR) is 70.9 cm³/mol. The van der Waals surface area contributed by atoms with Crippen LogP contribution in [0.4, 0.5) is 0 Å². The van der Waals surface area contributed by atoms with Crippen molar-refractivity contribution in [3.63, 3.8) is 0 Å². The average Bonchev–Trinajstić information content (AvgIpc) is 2.74. The van der Waals surface area contributed by atoms with E-state index in [1.54, 1.807) is 0 Å². The first-order chi connectivity index (χ1) is 7.69. The van der Waals surface area contributed by atoms with Crippen LogP contribution in [-0.2, 0) is 4.79 Å². The minimum absolute atomic E-state index is 0.163. The van der Waals surface area contributed by atoms with Crippen molar-refractivity contribution in [2.75, 3.05) is 26.4 Å². The van der Waals surface area contributed by atoms with Crippen LogP contribution in [0.3, 0.4) is 0 Å². The Morgan fingerprint density at radius 3 is 2.88 bits per heavy atom. The van der Waals surface area contributed by atoms with Crippen LogP contribution in [0.1, 0.15) is 32.6 Å². The number of likely N-dealkylation sites (N-methyl/N-ethyl adjacent to an activating group) is 1. The van der Waals surface area contributed by atoms with Crippen LogP contribution in [0.25, 0.3) is 0 Å². The van der Waals surface area contributed by atoms with Gasteiger partial charge in [-0.05, 0) is 32.6 Å². The SMILES string of the molecule is CCCNC(=O)CN(C)[C@@H]1CCC[C@H]1SC. The molecule has 0 radical (unpaired) electrons. The monoisotopic (exact) mass is 244 g/mol. The first-order valence-electron chi connectivity index (χ1n) is 6.18. The minimum atomic E-state index is 0.163. The highest BCUT2D eigenvalue weighted by atomic mass is 32.2. The molecule has 1 aliphatic carbocycles. The number of nitrogens with zero attached hydrogens (tertiary/aromatic N) is 1. The summed E-state index contributed by atoms with van der Waals surface area (Å²) in [6, 6.07) is 0.586. The Hall–Kier alpha value is -0.220. The number of carbonyl (C=O) groups is 1. The second-order valence-corrected chi connectivity index (χ2v) is 5.61. The molecule has 0 aromatic carbocycles. The standard InChI is InChI=1S/C12H24N2OS/c1-4-8-13-12(15)9-14(2)10-6-5-7-11(10)16-3/h10-11H,4-9H2,1-3H3,(H,13,15)/t10-,11-/m1/s1. The lowest BCUT2D eigenvalue weighted by atomic mass is 10.2. The highest BCUT2D eigenvalue weighted by molar-refractivity contribution is 7.99. The van der Waals surface area contributed by atoms with E-state index >= 15 is 0 Å². The number of carbonyl (C=O) groups excluding carboxylic acids is 1. The maximum atomic E-state index is 11.6. The van der Waals surface area contributed by atoms with Crippen LogP contribution in [0.2, 0.25) is 0 Å². The third-order valence-electron chi connectivity index (χ3n) is 3.25. The predicted octanol–water partition coefficient (Wildman–Crippen LogP) is 1.73. The smallest absolute Gasteiger partial charge is 0.234 e. The lowest BCUT2D eigenvalue weighted by molar-refractivity contribution is -0.122. The van der Waals surface area contributed by atoms with E-state index in [0.717, 1.165) is 13.0 Å². The van der Waals surface area contributed by atoms with Gasteiger partial charge in [-0.15, -0.1) is 0 Å². The maximum Gasteiger partial charge on any atom is 0.234 e. The van der Waals surface area contributed by atoms with Crippen molar-refractivity contribution in [3.8, 4) is 0 Å². The molecule has 1 N–H and O–H groups in total. The Balaban J connectivity index is 2.33. The molecule has 1 rings (SSSR count). The number of hydrogen-bond acceptors (Lipinski definition) is 3. The van der Waals surface area contributed by atoms with E-state index in [1.165, 1.54) is 19.3 Å². The summed E-state index contributed by atoms with van der Waals surface area (Å²) in [7, 11) is 2.07. The lowest BCUT2D eigenvalue weighted by Gasteiger charge is -2.28. The Bertz CT molecular complexity index is 223. The molecule has 0 aromatic rings. The molecule has 3 nitrogen and oxygen atoms in total. The van der Waals surface area contributed by atoms with E-state index in [0.29, 0.717) is 17.8 Å². The molecule has 0 unspecified atom stereocenters. The molecular weight excluding hydrogens is 220 g/mol. The molecule has 0 bridgehead atoms. The van der Waals surface area contributed by atoms with E-state index in [-0.39, 0.29) is 5.91 Å². The average molecular weight is 244 g/mol. The highest BCUT2D eigenvalue weighted by Gasteiger charge is 2.30. The van der Waals surface area contributed by atoms with Crippen molar-refractivity contribution >= 4 is 17.7 Å². The molecule has 2 atom stereocenters. The van der Waals surface area contributed by atoms with Crippen LogP contribution >= 0.6 is 11.8 Å². The number of hydrogen-bond donors (Lipinski definition) is 1. The van der Waals surface area contributed by atoms with Gasteiger partial charge >= 0.3 is 0 Å². The number of thioether (sulfide) groups is 1. The summed E-state index contributed by atoms with van der Waals surface area (Å²) in [5.74, 6) is 0.163. The molecule has 0 aliphatic heterocycles. The Kier molecular flexibility index (Phi) is 6.21. The van der Waals surface area contributed by atoms with Gasteiger partial charge in [-0.3, -0.25) is 9.69 Å². The van der Waals surface area contributed by atoms with Crippen LogP contribution in [0.15, 0.2) is 0 Å². The minimum Gasteiger partial charge on any atom is -0.355 e. The normalized spacial score (nSPS) is 25.0. The third kappa shape index (κ3) is 3.98. The fourth-order valence-electron chi connectivity index (χ4n) is 2.35. The fraction of sp³-hybridized carbons (Fsp3) is 0.917. The molecule has 0 aromatic heterocycles. The van der Waals surface area contributed by atoms with E-state index in [2.05, 4.69) is 30.4 Å². The van der Waals surface area contributed by atoms with Crippen molar-refractivity contribution in [2.24, 2.45) is 0 Å². The zero-order chi connectivity index (χ0) is 12.0. The summed E-state index contributed by atoms with van der Waals surface area (Å²) < 4.78 is 0. The van der Waals surface area contributed by atoms with Gasteiger partial charge in [0, 0.05) is 17.8 Å². The van der Waals surface area contributed by atoms with E-state index in [4.69, 9.17) is 0 Å². The maximum absolute atomic E-state index is 11.6. The van der Waals surface area contributed by atoms with Gasteiger partial charge in [-0.25, -0.2) is 0 Å². The second-order valence-electron chi connectivity index (χ2n) is 4.54. The van der Waals surface area contributed by atoms with Crippen molar-refractivity contribution in [3.05, 3.63) is 0 Å². The molecule has 1 amide bonds. The zero-order valence-electron chi connectivity index (χ0n) is 10.7. The summed E-state index contributed by atoms with van der Waals surface area (Å²) in [6.07, 6.45) is 7.02. The van der Waals surface area contributed by atoms with Gasteiger partial charge in [-0.1, -0.05) is 13.3 Å². The Morgan fingerprint density at radius 2 is 2.25 bits per heavy atom. The second kappa shape index (κ2) is 7.17. The van der Waals surface area contributed by atoms with Gasteiger partial charge in [0.1, 0.15) is 0 Å². The number of amides is 1. The molecule has 0 saturated heterocycles. The van der Waals surface area contributed by atoms with Gasteiger partial charge in [-0.2, -0.15) is 11.8 Å². The molecule has 94 valence electrons. The summed E-state index contributed by atoms with van der Waals surface area (Å²) in [4.78, 5) is 13.8. The summed E-state index contributed by atoms with van der Waals surface area (Å²) >= 11 is 1.94. The van der Waals surface area contributed by atoms with Crippen LogP contribution < -0.4 is 5.32 Å². The van der Waals surface area contributed by atoms with Gasteiger partial charge in [0.15, 0.2) is 0 Å². The summed E-state index contributed by atoms with van der Waals surface area (Å²) in [5.41, 5.74) is 0. The van der Waals surface area contributed by atoms with Crippen molar-refractivity contribution in [2.45, 2.75) is 43.9 Å². The first kappa shape index (κ1) is 13.8. The molecule has 0 heterocycles. The third-order valence-corrected chi connectivity index (χ3v) is 4.41. The number of nitrogens with one attached hydrogen (secondary N) is 1. The largest absolute Gasteiger partial charge is 0.355 e. The molecular formula is C12H24N2OS. The van der Waals surface area contributed by atoms with Crippen molar-refractivity contribution < 1.29 is 4.79 Å². The van der Waals surface area contributed by atoms with Crippen LogP contribution in [0, 0.1) is 0 Å². The van der Waals surface area contributed by atoms with Gasteiger partial charge in [0.05, 0.1) is 6.54 Å². The van der Waals surface area contributed by atoms with Crippen molar-refractivity contribution in [1.82, 2.24) is 10.2 Å². The van der Waals surface area contributed by atoms with Crippen molar-refractivity contribution in [1.29, 1.82) is 0 Å². The highest BCUT2D eigenvalue weighted by Crippen LogP contribution is 2.31. The summed E-state index contributed by atoms with van der Waals surface area (Å²) in [5, 5.41) is 3.64. The molecule has 1 aliphatic rings. The van der Waals surface area contributed by atoms with Gasteiger partial charge in [0.25, 0.3) is 0 Å². The Morgan fingerprint density at radius 1 is 1.50 bits per heavy atom. The van der Waals surface area contributed by atoms with Crippen LogP contribution in [-0.4, -0.2) is 48.5 Å². The van der Waals surface area contributed by atoms with E-state index in [9.17, 15) is 4.79 Å². The fourth-order valence-corrected chi connectivity index (χ4v) is 3.41. The van der Waals surface area contributed by atoms with E-state index in [1.807, 2.05) is 11.8 Å². The van der Waals surface area contributed by atoms with Gasteiger partial charge in [0.2, 0.25) is 5.91 Å². The topological polar surface area (TPSA) is 32.3 Å². The van der Waals surface area contributed by atoms with E-state index < -0.39 is 0 Å². The molecule has 4 heteroatoms. The molecule has 0 spiro atoms. The quantitative estimate of drug-likeness (QED) is 0.772. The zero-order valence-corrected chi connectivity index (χ0v) is 11.5. The molecule has 16 heavy (non-hydrogen) atoms. The Labute approximate surface area is 103 Å². The number of rotatable bonds is 6. The van der Waals surface area contributed by atoms with Gasteiger partial charge < -0.3 is 5.32 Å². The summed E-state index contributed by atoms with van der Waals surface area (Å²) in [6.45, 7) is 3.41. The lowest BCUT2D eigenvalue weighted by Crippen LogP contribution is -2.43.